The molecule has 0 aliphatic heterocycles. The molecule has 0 aromatic heterocycles. The Morgan fingerprint density at radius 2 is 1.95 bits per heavy atom. The highest BCUT2D eigenvalue weighted by Crippen LogP contribution is 2.34. The lowest BCUT2D eigenvalue weighted by Crippen LogP contribution is -2.34. The Bertz CT molecular complexity index is 524. The second-order valence-corrected chi connectivity index (χ2v) is 6.73. The number of hydrogen-bond donors (Lipinski definition) is 1. The van der Waals surface area contributed by atoms with Gasteiger partial charge in [-0.2, -0.15) is 4.31 Å². The van der Waals surface area contributed by atoms with Gasteiger partial charge in [-0.1, -0.05) is 19.1 Å². The fraction of sp³-hybridized carbons (Fsp3) is 0.571. The van der Waals surface area contributed by atoms with Crippen LogP contribution in [0.2, 0.25) is 0 Å². The molecule has 0 atom stereocenters. The van der Waals surface area contributed by atoms with E-state index in [1.54, 1.807) is 16.4 Å². The van der Waals surface area contributed by atoms with E-state index in [9.17, 15) is 8.42 Å². The van der Waals surface area contributed by atoms with Crippen LogP contribution in [0.5, 0.6) is 0 Å². The molecule has 0 saturated heterocycles. The van der Waals surface area contributed by atoms with Crippen LogP contribution in [0.4, 0.5) is 5.69 Å². The van der Waals surface area contributed by atoms with Gasteiger partial charge in [0.25, 0.3) is 0 Å². The van der Waals surface area contributed by atoms with E-state index in [2.05, 4.69) is 5.32 Å². The third-order valence-electron chi connectivity index (χ3n) is 3.24. The quantitative estimate of drug-likeness (QED) is 0.836. The van der Waals surface area contributed by atoms with Gasteiger partial charge in [0, 0.05) is 19.1 Å². The molecule has 19 heavy (non-hydrogen) atoms. The summed E-state index contributed by atoms with van der Waals surface area (Å²) in [5, 5.41) is 3.13. The van der Waals surface area contributed by atoms with Gasteiger partial charge >= 0.3 is 0 Å². The first kappa shape index (κ1) is 14.3. The summed E-state index contributed by atoms with van der Waals surface area (Å²) in [6.07, 6.45) is 2.82. The van der Waals surface area contributed by atoms with Gasteiger partial charge in [0.2, 0.25) is 10.0 Å². The Morgan fingerprint density at radius 3 is 2.53 bits per heavy atom. The highest BCUT2D eigenvalue weighted by atomic mass is 32.2. The second kappa shape index (κ2) is 5.92. The molecule has 1 aromatic carbocycles. The third kappa shape index (κ3) is 3.09. The molecule has 1 fully saturated rings. The lowest BCUT2D eigenvalue weighted by atomic mass is 10.3. The van der Waals surface area contributed by atoms with E-state index in [4.69, 9.17) is 0 Å². The molecule has 5 heteroatoms. The average Bonchev–Trinajstić information content (AvgIpc) is 3.21. The van der Waals surface area contributed by atoms with E-state index in [1.165, 1.54) is 0 Å². The van der Waals surface area contributed by atoms with Crippen LogP contribution in [0, 0.1) is 0 Å². The van der Waals surface area contributed by atoms with Crippen molar-refractivity contribution in [3.63, 3.8) is 0 Å². The van der Waals surface area contributed by atoms with Crippen LogP contribution in [0.3, 0.4) is 0 Å². The molecule has 0 amide bonds. The fourth-order valence-corrected chi connectivity index (χ4v) is 4.18. The minimum atomic E-state index is -3.38. The molecule has 106 valence electrons. The van der Waals surface area contributed by atoms with Crippen LogP contribution in [-0.4, -0.2) is 31.9 Å². The molecule has 0 unspecified atom stereocenters. The lowest BCUT2D eigenvalue weighted by molar-refractivity contribution is 0.403. The maximum Gasteiger partial charge on any atom is 0.245 e. The first-order chi connectivity index (χ1) is 9.11. The molecule has 4 nitrogen and oxygen atoms in total. The number of rotatable bonds is 7. The van der Waals surface area contributed by atoms with Crippen LogP contribution >= 0.6 is 0 Å². The van der Waals surface area contributed by atoms with Gasteiger partial charge in [-0.05, 0) is 38.3 Å². The predicted molar refractivity (Wildman–Crippen MR) is 77.8 cm³/mol. The van der Waals surface area contributed by atoms with E-state index in [0.717, 1.165) is 19.3 Å². The molecule has 0 heterocycles. The summed E-state index contributed by atoms with van der Waals surface area (Å²) in [5.41, 5.74) is 0.701. The molecule has 1 N–H and O–H groups in total. The molecule has 0 radical (unpaired) electrons. The molecule has 0 bridgehead atoms. The van der Waals surface area contributed by atoms with Gasteiger partial charge in [0.15, 0.2) is 0 Å². The fourth-order valence-electron chi connectivity index (χ4n) is 2.24. The largest absolute Gasteiger partial charge is 0.384 e. The topological polar surface area (TPSA) is 49.4 Å². The predicted octanol–water partition coefficient (Wildman–Crippen LogP) is 2.68. The van der Waals surface area contributed by atoms with Gasteiger partial charge in [-0.25, -0.2) is 8.42 Å². The van der Waals surface area contributed by atoms with Crippen molar-refractivity contribution in [2.75, 3.05) is 18.4 Å². The van der Waals surface area contributed by atoms with Crippen molar-refractivity contribution in [2.24, 2.45) is 0 Å². The standard InChI is InChI=1S/C14H22N2O2S/c1-3-11-16(12-9-10-12)19(17,18)14-8-6-5-7-13(14)15-4-2/h5-8,12,15H,3-4,9-11H2,1-2H3. The zero-order valence-corrected chi connectivity index (χ0v) is 12.4. The van der Waals surface area contributed by atoms with E-state index < -0.39 is 10.0 Å². The van der Waals surface area contributed by atoms with E-state index in [1.807, 2.05) is 26.0 Å². The van der Waals surface area contributed by atoms with Crippen LogP contribution in [0.1, 0.15) is 33.1 Å². The summed E-state index contributed by atoms with van der Waals surface area (Å²) >= 11 is 0. The minimum Gasteiger partial charge on any atom is -0.384 e. The first-order valence-electron chi connectivity index (χ1n) is 6.96. The zero-order valence-electron chi connectivity index (χ0n) is 11.6. The Balaban J connectivity index is 2.37. The molecule has 1 aliphatic carbocycles. The van der Waals surface area contributed by atoms with Crippen molar-refractivity contribution in [1.82, 2.24) is 4.31 Å². The summed E-state index contributed by atoms with van der Waals surface area (Å²) < 4.78 is 27.2. The number of nitrogens with one attached hydrogen (secondary N) is 1. The smallest absolute Gasteiger partial charge is 0.245 e. The maximum atomic E-state index is 12.8. The first-order valence-corrected chi connectivity index (χ1v) is 8.40. The average molecular weight is 282 g/mol. The van der Waals surface area contributed by atoms with Crippen molar-refractivity contribution in [3.05, 3.63) is 24.3 Å². The molecular formula is C14H22N2O2S. The number of anilines is 1. The highest BCUT2D eigenvalue weighted by Gasteiger charge is 2.38. The summed E-state index contributed by atoms with van der Waals surface area (Å²) in [4.78, 5) is 0.400. The van der Waals surface area contributed by atoms with Crippen molar-refractivity contribution in [3.8, 4) is 0 Å². The van der Waals surface area contributed by atoms with Crippen LogP contribution in [0.15, 0.2) is 29.2 Å². The number of para-hydroxylation sites is 1. The van der Waals surface area contributed by atoms with Gasteiger partial charge in [-0.15, -0.1) is 0 Å². The Hall–Kier alpha value is -1.07. The lowest BCUT2D eigenvalue weighted by Gasteiger charge is -2.23. The highest BCUT2D eigenvalue weighted by molar-refractivity contribution is 7.89. The Labute approximate surface area is 115 Å². The summed E-state index contributed by atoms with van der Waals surface area (Å²) in [5.74, 6) is 0. The zero-order chi connectivity index (χ0) is 13.9. The normalized spacial score (nSPS) is 15.7. The summed E-state index contributed by atoms with van der Waals surface area (Å²) in [7, 11) is -3.38. The van der Waals surface area contributed by atoms with Crippen molar-refractivity contribution >= 4 is 15.7 Å². The second-order valence-electron chi connectivity index (χ2n) is 4.87. The van der Waals surface area contributed by atoms with Crippen molar-refractivity contribution in [1.29, 1.82) is 0 Å². The summed E-state index contributed by atoms with van der Waals surface area (Å²) in [6.45, 7) is 5.30. The SMILES string of the molecule is CCCN(C1CC1)S(=O)(=O)c1ccccc1NCC. The summed E-state index contributed by atoms with van der Waals surface area (Å²) in [6, 6.07) is 7.37. The maximum absolute atomic E-state index is 12.8. The molecular weight excluding hydrogens is 260 g/mol. The minimum absolute atomic E-state index is 0.208. The number of nitrogens with zero attached hydrogens (tertiary/aromatic N) is 1. The van der Waals surface area contributed by atoms with Gasteiger partial charge in [0.1, 0.15) is 4.90 Å². The number of sulfonamides is 1. The van der Waals surface area contributed by atoms with E-state index >= 15 is 0 Å². The van der Waals surface area contributed by atoms with E-state index in [0.29, 0.717) is 23.7 Å². The van der Waals surface area contributed by atoms with Crippen molar-refractivity contribution < 1.29 is 8.42 Å². The van der Waals surface area contributed by atoms with Crippen molar-refractivity contribution in [2.45, 2.75) is 44.0 Å². The van der Waals surface area contributed by atoms with Crippen LogP contribution in [-0.2, 0) is 10.0 Å². The molecule has 1 aliphatic rings. The number of benzene rings is 1. The Kier molecular flexibility index (Phi) is 4.47. The Morgan fingerprint density at radius 1 is 1.26 bits per heavy atom. The van der Waals surface area contributed by atoms with E-state index in [-0.39, 0.29) is 6.04 Å². The molecule has 1 aromatic rings. The molecule has 2 rings (SSSR count). The van der Waals surface area contributed by atoms with Gasteiger partial charge in [0.05, 0.1) is 5.69 Å². The number of hydrogen-bond acceptors (Lipinski definition) is 3. The van der Waals surface area contributed by atoms with Crippen LogP contribution in [0.25, 0.3) is 0 Å². The van der Waals surface area contributed by atoms with Gasteiger partial charge < -0.3 is 5.32 Å². The van der Waals surface area contributed by atoms with Gasteiger partial charge in [-0.3, -0.25) is 0 Å². The monoisotopic (exact) mass is 282 g/mol. The molecule has 1 saturated carbocycles. The third-order valence-corrected chi connectivity index (χ3v) is 5.25. The van der Waals surface area contributed by atoms with Crippen LogP contribution < -0.4 is 5.32 Å². The molecule has 0 spiro atoms.